The van der Waals surface area contributed by atoms with E-state index in [0.29, 0.717) is 19.8 Å². The summed E-state index contributed by atoms with van der Waals surface area (Å²) in [5, 5.41) is 10.9. The maximum absolute atomic E-state index is 10.9. The zero-order chi connectivity index (χ0) is 16.1. The number of quaternary nitrogens is 1. The zero-order valence-corrected chi connectivity index (χ0v) is 14.9. The first-order valence-electron chi connectivity index (χ1n) is 8.86. The van der Waals surface area contributed by atoms with E-state index in [1.54, 1.807) is 0 Å². The number of hydrogen-bond donors (Lipinski definition) is 1. The minimum absolute atomic E-state index is 0.144. The van der Waals surface area contributed by atoms with Gasteiger partial charge in [-0.25, -0.2) is 5.21 Å². The van der Waals surface area contributed by atoms with Crippen molar-refractivity contribution >= 4 is 0 Å². The molecule has 0 fully saturated rings. The fourth-order valence-corrected chi connectivity index (χ4v) is 2.49. The van der Waals surface area contributed by atoms with Gasteiger partial charge in [-0.15, -0.1) is 4.65 Å². The maximum atomic E-state index is 10.9. The summed E-state index contributed by atoms with van der Waals surface area (Å²) in [6.45, 7) is 12.4. The summed E-state index contributed by atoms with van der Waals surface area (Å²) < 4.78 is 11.6. The molecule has 128 valence electrons. The number of nitrogens with zero attached hydrogens (tertiary/aromatic N) is 1. The van der Waals surface area contributed by atoms with Crippen LogP contribution in [0.4, 0.5) is 0 Å². The third-order valence-electron chi connectivity index (χ3n) is 4.05. The second-order valence-corrected chi connectivity index (χ2v) is 5.96. The van der Waals surface area contributed by atoms with Crippen LogP contribution in [-0.2, 0) is 9.47 Å². The molecule has 21 heavy (non-hydrogen) atoms. The van der Waals surface area contributed by atoms with Gasteiger partial charge in [-0.2, -0.15) is 0 Å². The lowest BCUT2D eigenvalue weighted by Crippen LogP contribution is -2.59. The van der Waals surface area contributed by atoms with Crippen LogP contribution in [0.3, 0.4) is 0 Å². The molecule has 0 amide bonds. The van der Waals surface area contributed by atoms with E-state index in [4.69, 9.17) is 9.47 Å². The van der Waals surface area contributed by atoms with Gasteiger partial charge < -0.3 is 9.47 Å². The normalized spacial score (nSPS) is 17.4. The van der Waals surface area contributed by atoms with E-state index < -0.39 is 0 Å². The van der Waals surface area contributed by atoms with Crippen LogP contribution in [0.15, 0.2) is 0 Å². The maximum Gasteiger partial charge on any atom is 0.222 e. The molecule has 0 saturated heterocycles. The van der Waals surface area contributed by atoms with Crippen LogP contribution in [0.25, 0.3) is 0 Å². The average Bonchev–Trinajstić information content (AvgIpc) is 2.47. The monoisotopic (exact) mass is 304 g/mol. The van der Waals surface area contributed by atoms with Gasteiger partial charge in [-0.1, -0.05) is 46.5 Å². The van der Waals surface area contributed by atoms with Gasteiger partial charge >= 0.3 is 0 Å². The van der Waals surface area contributed by atoms with Crippen LogP contribution in [0.5, 0.6) is 0 Å². The standard InChI is InChI=1S/C17H38NO3/c1-6-9-11-14-20-16(4)18(19,13-8-3)17(5)21-15-12-10-7-2/h16-17,19H,6-15H2,1-5H3/q+1. The Hall–Kier alpha value is -0.160. The number of hydrogen-bond acceptors (Lipinski definition) is 3. The van der Waals surface area contributed by atoms with E-state index in [1.165, 1.54) is 25.7 Å². The van der Waals surface area contributed by atoms with E-state index in [1.807, 2.05) is 13.8 Å². The Morgan fingerprint density at radius 1 is 0.762 bits per heavy atom. The predicted molar refractivity (Wildman–Crippen MR) is 87.1 cm³/mol. The van der Waals surface area contributed by atoms with Crippen LogP contribution in [0.2, 0.25) is 0 Å². The third kappa shape index (κ3) is 8.15. The van der Waals surface area contributed by atoms with Gasteiger partial charge in [0.05, 0.1) is 13.2 Å². The Morgan fingerprint density at radius 2 is 1.19 bits per heavy atom. The first kappa shape index (κ1) is 20.8. The van der Waals surface area contributed by atoms with Crippen LogP contribution >= 0.6 is 0 Å². The Morgan fingerprint density at radius 3 is 1.52 bits per heavy atom. The summed E-state index contributed by atoms with van der Waals surface area (Å²) in [6, 6.07) is 0. The zero-order valence-electron chi connectivity index (χ0n) is 14.9. The number of ether oxygens (including phenoxy) is 2. The summed E-state index contributed by atoms with van der Waals surface area (Å²) in [4.78, 5) is 0. The molecule has 0 aromatic heterocycles. The number of rotatable bonds is 14. The van der Waals surface area contributed by atoms with E-state index in [0.717, 1.165) is 19.3 Å². The molecule has 0 aliphatic carbocycles. The molecule has 4 nitrogen and oxygen atoms in total. The molecular weight excluding hydrogens is 266 g/mol. The van der Waals surface area contributed by atoms with Crippen LogP contribution < -0.4 is 0 Å². The largest absolute Gasteiger partial charge is 0.327 e. The molecule has 0 aromatic rings. The molecular formula is C17H38NO3+. The van der Waals surface area contributed by atoms with Gasteiger partial charge in [0.25, 0.3) is 0 Å². The second-order valence-electron chi connectivity index (χ2n) is 5.96. The highest BCUT2D eigenvalue weighted by atomic mass is 16.7. The summed E-state index contributed by atoms with van der Waals surface area (Å²) in [7, 11) is 0. The molecule has 0 aliphatic heterocycles. The Labute approximate surface area is 132 Å². The fourth-order valence-electron chi connectivity index (χ4n) is 2.49. The molecule has 0 aliphatic rings. The first-order valence-corrected chi connectivity index (χ1v) is 8.86. The molecule has 0 rings (SSSR count). The van der Waals surface area contributed by atoms with Crippen molar-refractivity contribution in [3.8, 4) is 0 Å². The topological polar surface area (TPSA) is 38.7 Å². The van der Waals surface area contributed by atoms with Crippen LogP contribution in [0.1, 0.15) is 79.6 Å². The number of hydroxylamine groups is 3. The third-order valence-corrected chi connectivity index (χ3v) is 4.05. The molecule has 0 aromatic carbocycles. The lowest BCUT2D eigenvalue weighted by Gasteiger charge is -2.39. The van der Waals surface area contributed by atoms with Crippen molar-refractivity contribution in [2.24, 2.45) is 0 Å². The summed E-state index contributed by atoms with van der Waals surface area (Å²) >= 11 is 0. The highest BCUT2D eigenvalue weighted by molar-refractivity contribution is 4.45. The van der Waals surface area contributed by atoms with E-state index in [-0.39, 0.29) is 17.1 Å². The van der Waals surface area contributed by atoms with E-state index in [9.17, 15) is 5.21 Å². The summed E-state index contributed by atoms with van der Waals surface area (Å²) in [6.07, 6.45) is 7.24. The predicted octanol–water partition coefficient (Wildman–Crippen LogP) is 4.71. The number of unbranched alkanes of at least 4 members (excludes halogenated alkanes) is 4. The van der Waals surface area contributed by atoms with Crippen molar-refractivity contribution in [3.05, 3.63) is 0 Å². The molecule has 0 spiro atoms. The second kappa shape index (κ2) is 12.4. The Kier molecular flexibility index (Phi) is 12.3. The lowest BCUT2D eigenvalue weighted by molar-refractivity contribution is -1.16. The van der Waals surface area contributed by atoms with Crippen LogP contribution in [0, 0.1) is 0 Å². The SMILES string of the molecule is CCCCCOC(C)[N+](O)(CCC)C(C)OCCCCC. The van der Waals surface area contributed by atoms with Crippen molar-refractivity contribution in [2.45, 2.75) is 92.0 Å². The van der Waals surface area contributed by atoms with Crippen molar-refractivity contribution < 1.29 is 19.3 Å². The molecule has 0 radical (unpaired) electrons. The van der Waals surface area contributed by atoms with Crippen LogP contribution in [-0.4, -0.2) is 42.1 Å². The molecule has 0 bridgehead atoms. The molecule has 2 atom stereocenters. The molecule has 0 heterocycles. The average molecular weight is 304 g/mol. The minimum Gasteiger partial charge on any atom is -0.327 e. The Balaban J connectivity index is 4.35. The lowest BCUT2D eigenvalue weighted by atomic mass is 10.2. The fraction of sp³-hybridized carbons (Fsp3) is 1.00. The molecule has 4 heteroatoms. The Bertz CT molecular complexity index is 218. The van der Waals surface area contributed by atoms with Gasteiger partial charge in [-0.05, 0) is 19.3 Å². The molecule has 2 unspecified atom stereocenters. The van der Waals surface area contributed by atoms with Gasteiger partial charge in [-0.3, -0.25) is 0 Å². The summed E-state index contributed by atoms with van der Waals surface area (Å²) in [5.41, 5.74) is 0. The van der Waals surface area contributed by atoms with Crippen molar-refractivity contribution in [3.63, 3.8) is 0 Å². The van der Waals surface area contributed by atoms with E-state index >= 15 is 0 Å². The molecule has 0 saturated carbocycles. The first-order chi connectivity index (χ1) is 10.0. The van der Waals surface area contributed by atoms with E-state index in [2.05, 4.69) is 20.8 Å². The quantitative estimate of drug-likeness (QED) is 0.219. The van der Waals surface area contributed by atoms with Gasteiger partial charge in [0.15, 0.2) is 0 Å². The van der Waals surface area contributed by atoms with Gasteiger partial charge in [0.1, 0.15) is 6.54 Å². The highest BCUT2D eigenvalue weighted by Crippen LogP contribution is 2.20. The highest BCUT2D eigenvalue weighted by Gasteiger charge is 2.39. The van der Waals surface area contributed by atoms with Gasteiger partial charge in [0, 0.05) is 13.8 Å². The van der Waals surface area contributed by atoms with Crippen molar-refractivity contribution in [2.75, 3.05) is 19.8 Å². The minimum atomic E-state index is -0.247. The molecule has 1 N–H and O–H groups in total. The van der Waals surface area contributed by atoms with Crippen molar-refractivity contribution in [1.29, 1.82) is 0 Å². The van der Waals surface area contributed by atoms with Crippen molar-refractivity contribution in [1.82, 2.24) is 0 Å². The smallest absolute Gasteiger partial charge is 0.222 e. The summed E-state index contributed by atoms with van der Waals surface area (Å²) in [5.74, 6) is 0. The van der Waals surface area contributed by atoms with Gasteiger partial charge in [0.2, 0.25) is 12.5 Å².